The van der Waals surface area contributed by atoms with Crippen molar-refractivity contribution < 1.29 is 27.4 Å². The van der Waals surface area contributed by atoms with Crippen molar-refractivity contribution in [2.45, 2.75) is 12.3 Å². The van der Waals surface area contributed by atoms with Crippen LogP contribution in [-0.4, -0.2) is 25.9 Å². The zero-order chi connectivity index (χ0) is 14.3. The van der Waals surface area contributed by atoms with Gasteiger partial charge in [-0.2, -0.15) is 13.2 Å². The van der Waals surface area contributed by atoms with Crippen LogP contribution in [0.15, 0.2) is 42.5 Å². The molecule has 0 spiro atoms. The minimum absolute atomic E-state index is 0.110. The summed E-state index contributed by atoms with van der Waals surface area (Å²) in [4.78, 5) is 11.7. The molecule has 0 aliphatic rings. The third-order valence-corrected chi connectivity index (χ3v) is 2.15. The predicted molar refractivity (Wildman–Crippen MR) is 62.3 cm³/mol. The molecule has 3 nitrogen and oxygen atoms in total. The number of benzene rings is 1. The van der Waals surface area contributed by atoms with E-state index in [-0.39, 0.29) is 12.9 Å². The van der Waals surface area contributed by atoms with E-state index in [0.29, 0.717) is 11.6 Å². The number of hydrogen-bond donors (Lipinski definition) is 0. The first kappa shape index (κ1) is 15.4. The Kier molecular flexibility index (Phi) is 5.72. The van der Waals surface area contributed by atoms with E-state index in [1.807, 2.05) is 0 Å². The zero-order valence-electron chi connectivity index (χ0n) is 10.2. The minimum Gasteiger partial charge on any atom is -0.359 e. The van der Waals surface area contributed by atoms with Crippen LogP contribution < -0.4 is 0 Å². The topological polar surface area (TPSA) is 35.5 Å². The molecule has 0 fully saturated rings. The number of methoxy groups -OCH3 is 1. The van der Waals surface area contributed by atoms with E-state index in [4.69, 9.17) is 4.74 Å². The maximum atomic E-state index is 12.0. The molecule has 0 amide bonds. The number of ether oxygens (including phenoxy) is 2. The molecule has 1 atom stereocenters. The summed E-state index contributed by atoms with van der Waals surface area (Å²) >= 11 is 0. The Labute approximate surface area is 108 Å². The summed E-state index contributed by atoms with van der Waals surface area (Å²) in [5.41, 5.74) is 0.469. The average molecular weight is 274 g/mol. The highest BCUT2D eigenvalue weighted by Crippen LogP contribution is 2.21. The molecule has 1 unspecified atom stereocenters. The maximum absolute atomic E-state index is 12.0. The Hall–Kier alpha value is -1.66. The molecule has 6 heteroatoms. The van der Waals surface area contributed by atoms with Crippen LogP contribution in [0.3, 0.4) is 0 Å². The lowest BCUT2D eigenvalue weighted by Crippen LogP contribution is -2.16. The summed E-state index contributed by atoms with van der Waals surface area (Å²) in [6.07, 6.45) is -5.29. The summed E-state index contributed by atoms with van der Waals surface area (Å²) in [7, 11) is 1.36. The van der Waals surface area contributed by atoms with Gasteiger partial charge in [0.2, 0.25) is 0 Å². The molecule has 0 aromatic heterocycles. The summed E-state index contributed by atoms with van der Waals surface area (Å²) in [5.74, 6) is -0.791. The van der Waals surface area contributed by atoms with E-state index in [0.717, 1.165) is 0 Å². The third-order valence-electron chi connectivity index (χ3n) is 2.15. The molecule has 0 aliphatic heterocycles. The van der Waals surface area contributed by atoms with E-state index in [2.05, 4.69) is 4.74 Å². The SMILES string of the molecule is COCOC(C(=O)/C=C/C(F)(F)F)c1ccccc1. The minimum atomic E-state index is -4.53. The van der Waals surface area contributed by atoms with Crippen molar-refractivity contribution in [3.63, 3.8) is 0 Å². The van der Waals surface area contributed by atoms with Gasteiger partial charge in [-0.3, -0.25) is 4.79 Å². The largest absolute Gasteiger partial charge is 0.409 e. The van der Waals surface area contributed by atoms with Gasteiger partial charge >= 0.3 is 6.18 Å². The Morgan fingerprint density at radius 1 is 1.32 bits per heavy atom. The summed E-state index contributed by atoms with van der Waals surface area (Å²) in [5, 5.41) is 0. The second kappa shape index (κ2) is 7.06. The van der Waals surface area contributed by atoms with Crippen LogP contribution in [0, 0.1) is 0 Å². The fourth-order valence-corrected chi connectivity index (χ4v) is 1.37. The van der Waals surface area contributed by atoms with Gasteiger partial charge in [-0.1, -0.05) is 30.3 Å². The number of rotatable bonds is 6. The molecule has 0 saturated carbocycles. The molecular weight excluding hydrogens is 261 g/mol. The highest BCUT2D eigenvalue weighted by atomic mass is 19.4. The first-order chi connectivity index (χ1) is 8.94. The lowest BCUT2D eigenvalue weighted by atomic mass is 10.1. The van der Waals surface area contributed by atoms with E-state index in [9.17, 15) is 18.0 Å². The van der Waals surface area contributed by atoms with Gasteiger partial charge in [0.15, 0.2) is 5.78 Å². The molecule has 0 N–H and O–H groups in total. The van der Waals surface area contributed by atoms with Crippen LogP contribution in [0.2, 0.25) is 0 Å². The zero-order valence-corrected chi connectivity index (χ0v) is 10.2. The van der Waals surface area contributed by atoms with Crippen molar-refractivity contribution in [2.24, 2.45) is 0 Å². The predicted octanol–water partition coefficient (Wildman–Crippen LogP) is 3.04. The maximum Gasteiger partial charge on any atom is 0.409 e. The van der Waals surface area contributed by atoms with Gasteiger partial charge in [0.05, 0.1) is 0 Å². The number of ketones is 1. The van der Waals surface area contributed by atoms with E-state index in [1.165, 1.54) is 7.11 Å². The highest BCUT2D eigenvalue weighted by Gasteiger charge is 2.25. The molecule has 1 aromatic carbocycles. The number of alkyl halides is 3. The quantitative estimate of drug-likeness (QED) is 0.591. The molecule has 0 aliphatic carbocycles. The summed E-state index contributed by atoms with van der Waals surface area (Å²) in [6, 6.07) is 8.25. The van der Waals surface area contributed by atoms with Crippen molar-refractivity contribution in [3.8, 4) is 0 Å². The number of halogens is 3. The fourth-order valence-electron chi connectivity index (χ4n) is 1.37. The molecule has 1 rings (SSSR count). The molecule has 1 aromatic rings. The first-order valence-corrected chi connectivity index (χ1v) is 5.39. The van der Waals surface area contributed by atoms with Crippen LogP contribution in [0.4, 0.5) is 13.2 Å². The van der Waals surface area contributed by atoms with E-state index >= 15 is 0 Å². The van der Waals surface area contributed by atoms with Crippen LogP contribution in [0.25, 0.3) is 0 Å². The van der Waals surface area contributed by atoms with Crippen LogP contribution in [0.5, 0.6) is 0 Å². The van der Waals surface area contributed by atoms with Gasteiger partial charge in [0.1, 0.15) is 12.9 Å². The Bertz CT molecular complexity index is 427. The lowest BCUT2D eigenvalue weighted by Gasteiger charge is -2.15. The second-order valence-corrected chi connectivity index (χ2v) is 3.64. The normalized spacial score (nSPS) is 13.7. The number of hydrogen-bond acceptors (Lipinski definition) is 3. The highest BCUT2D eigenvalue weighted by molar-refractivity contribution is 5.94. The molecule has 0 bridgehead atoms. The Morgan fingerprint density at radius 3 is 2.47 bits per heavy atom. The number of allylic oxidation sites excluding steroid dienone is 1. The molecule has 104 valence electrons. The van der Waals surface area contributed by atoms with Crippen molar-refractivity contribution in [2.75, 3.05) is 13.9 Å². The Morgan fingerprint density at radius 2 is 1.95 bits per heavy atom. The van der Waals surface area contributed by atoms with Crippen molar-refractivity contribution in [1.29, 1.82) is 0 Å². The van der Waals surface area contributed by atoms with Gasteiger partial charge in [0.25, 0.3) is 0 Å². The van der Waals surface area contributed by atoms with E-state index in [1.54, 1.807) is 30.3 Å². The van der Waals surface area contributed by atoms with Crippen molar-refractivity contribution in [1.82, 2.24) is 0 Å². The van der Waals surface area contributed by atoms with E-state index < -0.39 is 18.1 Å². The van der Waals surface area contributed by atoms with Crippen LogP contribution in [0.1, 0.15) is 11.7 Å². The molecule has 0 heterocycles. The van der Waals surface area contributed by atoms with Gasteiger partial charge in [-0.15, -0.1) is 0 Å². The smallest absolute Gasteiger partial charge is 0.359 e. The molecule has 19 heavy (non-hydrogen) atoms. The standard InChI is InChI=1S/C13H13F3O3/c1-18-9-19-12(10-5-3-2-4-6-10)11(17)7-8-13(14,15)16/h2-8,12H,9H2,1H3/b8-7+. The lowest BCUT2D eigenvalue weighted by molar-refractivity contribution is -0.136. The van der Waals surface area contributed by atoms with Gasteiger partial charge < -0.3 is 9.47 Å². The van der Waals surface area contributed by atoms with Gasteiger partial charge in [-0.05, 0) is 11.6 Å². The summed E-state index contributed by atoms with van der Waals surface area (Å²) < 4.78 is 45.9. The second-order valence-electron chi connectivity index (χ2n) is 3.64. The van der Waals surface area contributed by atoms with Gasteiger partial charge in [-0.25, -0.2) is 0 Å². The molecule has 0 saturated heterocycles. The number of carbonyl (C=O) groups is 1. The Balaban J connectivity index is 2.86. The summed E-state index contributed by atoms with van der Waals surface area (Å²) in [6.45, 7) is -0.189. The monoisotopic (exact) mass is 274 g/mol. The molecular formula is C13H13F3O3. The van der Waals surface area contributed by atoms with Crippen molar-refractivity contribution in [3.05, 3.63) is 48.0 Å². The number of carbonyl (C=O) groups excluding carboxylic acids is 1. The third kappa shape index (κ3) is 5.67. The molecule has 0 radical (unpaired) electrons. The average Bonchev–Trinajstić information content (AvgIpc) is 2.37. The van der Waals surface area contributed by atoms with Crippen LogP contribution >= 0.6 is 0 Å². The van der Waals surface area contributed by atoms with Gasteiger partial charge in [0, 0.05) is 13.2 Å². The van der Waals surface area contributed by atoms with Crippen molar-refractivity contribution >= 4 is 5.78 Å². The van der Waals surface area contributed by atoms with Crippen LogP contribution in [-0.2, 0) is 14.3 Å². The first-order valence-electron chi connectivity index (χ1n) is 5.39. The fraction of sp³-hybridized carbons (Fsp3) is 0.308.